The van der Waals surface area contributed by atoms with E-state index in [4.69, 9.17) is 17.0 Å². The molecule has 0 aliphatic carbocycles. The van der Waals surface area contributed by atoms with Crippen LogP contribution in [0.4, 0.5) is 10.1 Å². The second kappa shape index (κ2) is 4.76. The summed E-state index contributed by atoms with van der Waals surface area (Å²) in [5, 5.41) is 8.86. The molecule has 1 aliphatic heterocycles. The van der Waals surface area contributed by atoms with Crippen molar-refractivity contribution in [2.75, 3.05) is 4.90 Å². The minimum Gasteiger partial charge on any atom is -0.321 e. The van der Waals surface area contributed by atoms with E-state index in [9.17, 15) is 4.39 Å². The van der Waals surface area contributed by atoms with Crippen LogP contribution in [0.3, 0.4) is 0 Å². The fraction of sp³-hybridized carbons (Fsp3) is 0.0714. The maximum Gasteiger partial charge on any atom is 0.133 e. The van der Waals surface area contributed by atoms with Crippen molar-refractivity contribution in [3.8, 4) is 0 Å². The Bertz CT molecular complexity index is 687. The van der Waals surface area contributed by atoms with Crippen molar-refractivity contribution in [1.29, 1.82) is 5.41 Å². The van der Waals surface area contributed by atoms with Gasteiger partial charge in [-0.3, -0.25) is 5.41 Å². The topological polar surface area (TPSA) is 27.1 Å². The molecule has 1 N–H and O–H groups in total. The Kier molecular flexibility index (Phi) is 3.22. The SMILES string of the molecule is N=C1c2cc(F)ccc2CN1c1ccc(Cl)cc1I. The van der Waals surface area contributed by atoms with E-state index in [0.29, 0.717) is 23.0 Å². The molecule has 1 aliphatic rings. The summed E-state index contributed by atoms with van der Waals surface area (Å²) in [6, 6.07) is 10.1. The smallest absolute Gasteiger partial charge is 0.133 e. The molecule has 0 aromatic heterocycles. The Morgan fingerprint density at radius 1 is 1.21 bits per heavy atom. The number of nitrogens with one attached hydrogen (secondary N) is 1. The van der Waals surface area contributed by atoms with Gasteiger partial charge in [0.05, 0.1) is 12.2 Å². The Hall–Kier alpha value is -1.14. The van der Waals surface area contributed by atoms with Crippen LogP contribution >= 0.6 is 34.2 Å². The number of hydrogen-bond acceptors (Lipinski definition) is 1. The molecule has 0 amide bonds. The minimum absolute atomic E-state index is 0.309. The molecule has 0 saturated carbocycles. The van der Waals surface area contributed by atoms with E-state index in [1.165, 1.54) is 12.1 Å². The highest BCUT2D eigenvalue weighted by Crippen LogP contribution is 2.33. The second-order valence-corrected chi connectivity index (χ2v) is 5.93. The van der Waals surface area contributed by atoms with Crippen molar-refractivity contribution in [2.45, 2.75) is 6.54 Å². The molecule has 0 atom stereocenters. The highest BCUT2D eigenvalue weighted by atomic mass is 127. The lowest BCUT2D eigenvalue weighted by molar-refractivity contribution is 0.627. The largest absolute Gasteiger partial charge is 0.321 e. The van der Waals surface area contributed by atoms with Gasteiger partial charge in [0.1, 0.15) is 11.7 Å². The van der Waals surface area contributed by atoms with Gasteiger partial charge in [0, 0.05) is 14.2 Å². The number of rotatable bonds is 1. The van der Waals surface area contributed by atoms with E-state index in [0.717, 1.165) is 14.8 Å². The van der Waals surface area contributed by atoms with Crippen LogP contribution in [0, 0.1) is 14.8 Å². The molecular formula is C14H9ClFIN2. The monoisotopic (exact) mass is 386 g/mol. The number of fused-ring (bicyclic) bond motifs is 1. The third-order valence-corrected chi connectivity index (χ3v) is 4.23. The number of nitrogens with zero attached hydrogens (tertiary/aromatic N) is 1. The van der Waals surface area contributed by atoms with Crippen LogP contribution in [0.2, 0.25) is 5.02 Å². The summed E-state index contributed by atoms with van der Waals surface area (Å²) in [5.74, 6) is 0.0193. The number of hydrogen-bond donors (Lipinski definition) is 1. The van der Waals surface area contributed by atoms with Crippen LogP contribution in [0.15, 0.2) is 36.4 Å². The molecule has 96 valence electrons. The van der Waals surface area contributed by atoms with Crippen LogP contribution in [0.5, 0.6) is 0 Å². The van der Waals surface area contributed by atoms with Gasteiger partial charge in [-0.2, -0.15) is 0 Å². The third-order valence-electron chi connectivity index (χ3n) is 3.13. The number of halogens is 3. The van der Waals surface area contributed by atoms with Gasteiger partial charge >= 0.3 is 0 Å². The van der Waals surface area contributed by atoms with Crippen LogP contribution in [-0.4, -0.2) is 5.84 Å². The van der Waals surface area contributed by atoms with Crippen LogP contribution in [0.1, 0.15) is 11.1 Å². The van der Waals surface area contributed by atoms with Crippen molar-refractivity contribution < 1.29 is 4.39 Å². The highest BCUT2D eigenvalue weighted by molar-refractivity contribution is 14.1. The molecule has 0 bridgehead atoms. The minimum atomic E-state index is -0.309. The Labute approximate surface area is 128 Å². The van der Waals surface area contributed by atoms with Crippen LogP contribution < -0.4 is 4.90 Å². The molecule has 0 spiro atoms. The van der Waals surface area contributed by atoms with Crippen molar-refractivity contribution in [2.24, 2.45) is 0 Å². The molecular weight excluding hydrogens is 378 g/mol. The molecule has 0 radical (unpaired) electrons. The average molecular weight is 387 g/mol. The summed E-state index contributed by atoms with van der Waals surface area (Å²) >= 11 is 8.14. The van der Waals surface area contributed by atoms with Gasteiger partial charge < -0.3 is 4.90 Å². The number of anilines is 1. The summed E-state index contributed by atoms with van der Waals surface area (Å²) < 4.78 is 14.2. The molecule has 5 heteroatoms. The van der Waals surface area contributed by atoms with Crippen LogP contribution in [-0.2, 0) is 6.54 Å². The summed E-state index contributed by atoms with van der Waals surface area (Å²) in [6.07, 6.45) is 0. The number of benzene rings is 2. The molecule has 1 heterocycles. The molecule has 2 aromatic carbocycles. The fourth-order valence-corrected chi connectivity index (χ4v) is 3.37. The predicted molar refractivity (Wildman–Crippen MR) is 83.6 cm³/mol. The van der Waals surface area contributed by atoms with Gasteiger partial charge in [0.15, 0.2) is 0 Å². The summed E-state index contributed by atoms with van der Waals surface area (Å²) in [5.41, 5.74) is 2.55. The highest BCUT2D eigenvalue weighted by Gasteiger charge is 2.26. The zero-order valence-corrected chi connectivity index (χ0v) is 12.7. The first-order valence-corrected chi connectivity index (χ1v) is 7.12. The van der Waals surface area contributed by atoms with E-state index in [-0.39, 0.29) is 5.82 Å². The molecule has 0 unspecified atom stereocenters. The van der Waals surface area contributed by atoms with Crippen molar-refractivity contribution >= 4 is 45.7 Å². The van der Waals surface area contributed by atoms with Crippen molar-refractivity contribution in [3.63, 3.8) is 0 Å². The summed E-state index contributed by atoms with van der Waals surface area (Å²) in [4.78, 5) is 1.86. The normalized spacial score (nSPS) is 13.8. The quantitative estimate of drug-likeness (QED) is 0.721. The van der Waals surface area contributed by atoms with E-state index < -0.39 is 0 Å². The first kappa shape index (κ1) is 12.9. The molecule has 0 saturated heterocycles. The molecule has 2 aromatic rings. The van der Waals surface area contributed by atoms with Gasteiger partial charge in [-0.05, 0) is 58.5 Å². The number of amidine groups is 1. The zero-order valence-electron chi connectivity index (χ0n) is 9.75. The molecule has 3 rings (SSSR count). The average Bonchev–Trinajstić information content (AvgIpc) is 2.67. The first-order valence-electron chi connectivity index (χ1n) is 5.66. The van der Waals surface area contributed by atoms with Crippen molar-refractivity contribution in [3.05, 3.63) is 61.9 Å². The lowest BCUT2D eigenvalue weighted by Gasteiger charge is -2.19. The van der Waals surface area contributed by atoms with E-state index in [2.05, 4.69) is 22.6 Å². The third kappa shape index (κ3) is 2.23. The van der Waals surface area contributed by atoms with Crippen molar-refractivity contribution in [1.82, 2.24) is 0 Å². The zero-order chi connectivity index (χ0) is 13.6. The maximum atomic E-state index is 13.3. The Morgan fingerprint density at radius 3 is 2.74 bits per heavy atom. The van der Waals surface area contributed by atoms with Gasteiger partial charge in [-0.15, -0.1) is 0 Å². The lowest BCUT2D eigenvalue weighted by Crippen LogP contribution is -2.23. The standard InChI is InChI=1S/C14H9ClFIN2/c15-9-2-4-13(12(17)5-9)19-7-8-1-3-10(16)6-11(8)14(19)18/h1-6,18H,7H2. The van der Waals surface area contributed by atoms with Crippen LogP contribution in [0.25, 0.3) is 0 Å². The fourth-order valence-electron chi connectivity index (χ4n) is 2.21. The summed E-state index contributed by atoms with van der Waals surface area (Å²) in [7, 11) is 0. The Morgan fingerprint density at radius 2 is 2.00 bits per heavy atom. The second-order valence-electron chi connectivity index (χ2n) is 4.33. The summed E-state index contributed by atoms with van der Waals surface area (Å²) in [6.45, 7) is 0.589. The molecule has 19 heavy (non-hydrogen) atoms. The van der Waals surface area contributed by atoms with Gasteiger partial charge in [-0.25, -0.2) is 4.39 Å². The van der Waals surface area contributed by atoms with E-state index in [1.807, 2.05) is 17.0 Å². The Balaban J connectivity index is 2.04. The van der Waals surface area contributed by atoms with Gasteiger partial charge in [0.2, 0.25) is 0 Å². The first-order chi connectivity index (χ1) is 9.06. The van der Waals surface area contributed by atoms with E-state index >= 15 is 0 Å². The lowest BCUT2D eigenvalue weighted by atomic mass is 10.1. The van der Waals surface area contributed by atoms with E-state index in [1.54, 1.807) is 12.1 Å². The molecule has 0 fully saturated rings. The predicted octanol–water partition coefficient (Wildman–Crippen LogP) is 4.43. The van der Waals surface area contributed by atoms with Gasteiger partial charge in [-0.1, -0.05) is 17.7 Å². The maximum absolute atomic E-state index is 13.3. The van der Waals surface area contributed by atoms with Gasteiger partial charge in [0.25, 0.3) is 0 Å². The molecule has 2 nitrogen and oxygen atoms in total.